The summed E-state index contributed by atoms with van der Waals surface area (Å²) in [7, 11) is 0. The summed E-state index contributed by atoms with van der Waals surface area (Å²) >= 11 is 0. The number of alkyl halides is 3. The van der Waals surface area contributed by atoms with Gasteiger partial charge in [0.1, 0.15) is 17.9 Å². The zero-order chi connectivity index (χ0) is 16.0. The van der Waals surface area contributed by atoms with Gasteiger partial charge in [-0.2, -0.15) is 15.6 Å². The second kappa shape index (κ2) is 6.25. The van der Waals surface area contributed by atoms with Gasteiger partial charge in [0.15, 0.2) is 5.84 Å². The first-order valence-electron chi connectivity index (χ1n) is 5.15. The Labute approximate surface area is 116 Å². The SMILES string of the molecule is N#C/C(=N\Nc1cc(OC(F)(F)F)ccc1C#N)C(=N)N. The van der Waals surface area contributed by atoms with E-state index in [2.05, 4.69) is 15.3 Å². The number of amidine groups is 1. The van der Waals surface area contributed by atoms with E-state index in [1.807, 2.05) is 0 Å². The van der Waals surface area contributed by atoms with Gasteiger partial charge in [-0.15, -0.1) is 13.2 Å². The summed E-state index contributed by atoms with van der Waals surface area (Å²) in [6.07, 6.45) is -4.88. The van der Waals surface area contributed by atoms with Gasteiger partial charge < -0.3 is 10.5 Å². The van der Waals surface area contributed by atoms with Crippen LogP contribution in [0, 0.1) is 28.1 Å². The van der Waals surface area contributed by atoms with Gasteiger partial charge in [-0.1, -0.05) is 0 Å². The van der Waals surface area contributed by atoms with Crippen LogP contribution >= 0.6 is 0 Å². The Morgan fingerprint density at radius 3 is 2.52 bits per heavy atom. The zero-order valence-electron chi connectivity index (χ0n) is 10.2. The third-order valence-corrected chi connectivity index (χ3v) is 1.99. The third-order valence-electron chi connectivity index (χ3n) is 1.99. The van der Waals surface area contributed by atoms with Crippen LogP contribution in [0.3, 0.4) is 0 Å². The minimum Gasteiger partial charge on any atom is -0.406 e. The van der Waals surface area contributed by atoms with E-state index in [0.29, 0.717) is 0 Å². The number of anilines is 1. The van der Waals surface area contributed by atoms with Crippen molar-refractivity contribution in [1.29, 1.82) is 15.9 Å². The first kappa shape index (κ1) is 15.8. The van der Waals surface area contributed by atoms with Gasteiger partial charge in [-0.05, 0) is 12.1 Å². The lowest BCUT2D eigenvalue weighted by atomic mass is 10.2. The van der Waals surface area contributed by atoms with Crippen LogP contribution in [0.1, 0.15) is 5.56 Å². The lowest BCUT2D eigenvalue weighted by Crippen LogP contribution is -2.22. The van der Waals surface area contributed by atoms with E-state index in [9.17, 15) is 13.2 Å². The molecule has 1 rings (SSSR count). The Balaban J connectivity index is 3.11. The molecule has 0 aliphatic rings. The maximum Gasteiger partial charge on any atom is 0.573 e. The van der Waals surface area contributed by atoms with Gasteiger partial charge in [0, 0.05) is 6.07 Å². The standard InChI is InChI=1S/C11H7F3N6O/c12-11(13,14)21-7-2-1-6(4-15)8(3-7)19-20-9(5-16)10(17)18/h1-3,19H,(H3,17,18)/b20-9+. The van der Waals surface area contributed by atoms with Crippen LogP contribution in [0.5, 0.6) is 5.75 Å². The van der Waals surface area contributed by atoms with Crippen LogP contribution in [-0.4, -0.2) is 17.9 Å². The Morgan fingerprint density at radius 1 is 1.38 bits per heavy atom. The van der Waals surface area contributed by atoms with Crippen molar-refractivity contribution in [1.82, 2.24) is 0 Å². The molecule has 0 atom stereocenters. The number of hydrazone groups is 1. The average Bonchev–Trinajstić information content (AvgIpc) is 2.37. The summed E-state index contributed by atoms with van der Waals surface area (Å²) in [6, 6.07) is 6.14. The second-order valence-electron chi connectivity index (χ2n) is 3.46. The minimum atomic E-state index is -4.88. The van der Waals surface area contributed by atoms with Crippen molar-refractivity contribution < 1.29 is 17.9 Å². The fourth-order valence-corrected chi connectivity index (χ4v) is 1.17. The molecule has 0 radical (unpaired) electrons. The molecule has 10 heteroatoms. The second-order valence-corrected chi connectivity index (χ2v) is 3.46. The molecule has 0 aliphatic carbocycles. The summed E-state index contributed by atoms with van der Waals surface area (Å²) in [5.41, 5.74) is 6.59. The molecule has 0 spiro atoms. The normalized spacial score (nSPS) is 11.2. The van der Waals surface area contributed by atoms with Gasteiger partial charge in [0.2, 0.25) is 5.71 Å². The quantitative estimate of drug-likeness (QED) is 0.442. The van der Waals surface area contributed by atoms with Crippen LogP contribution in [0.25, 0.3) is 0 Å². The molecular weight excluding hydrogens is 289 g/mol. The van der Waals surface area contributed by atoms with Crippen LogP contribution in [0.2, 0.25) is 0 Å². The van der Waals surface area contributed by atoms with E-state index >= 15 is 0 Å². The van der Waals surface area contributed by atoms with Crippen molar-refractivity contribution in [3.05, 3.63) is 23.8 Å². The van der Waals surface area contributed by atoms with Crippen molar-refractivity contribution >= 4 is 17.2 Å². The average molecular weight is 296 g/mol. The summed E-state index contributed by atoms with van der Waals surface area (Å²) in [4.78, 5) is 0. The topological polar surface area (TPSA) is 131 Å². The highest BCUT2D eigenvalue weighted by Gasteiger charge is 2.31. The van der Waals surface area contributed by atoms with E-state index in [-0.39, 0.29) is 11.3 Å². The molecule has 0 aliphatic heterocycles. The van der Waals surface area contributed by atoms with Crippen molar-refractivity contribution in [3.8, 4) is 17.9 Å². The summed E-state index contributed by atoms with van der Waals surface area (Å²) in [5.74, 6) is -1.20. The molecule has 1 aromatic rings. The number of hydrogen-bond acceptors (Lipinski definition) is 6. The summed E-state index contributed by atoms with van der Waals surface area (Å²) in [6.45, 7) is 0. The van der Waals surface area contributed by atoms with Crippen molar-refractivity contribution in [2.45, 2.75) is 6.36 Å². The van der Waals surface area contributed by atoms with E-state index < -0.39 is 23.7 Å². The largest absolute Gasteiger partial charge is 0.573 e. The van der Waals surface area contributed by atoms with Gasteiger partial charge in [-0.25, -0.2) is 0 Å². The molecule has 21 heavy (non-hydrogen) atoms. The van der Waals surface area contributed by atoms with Crippen molar-refractivity contribution in [2.75, 3.05) is 5.43 Å². The van der Waals surface area contributed by atoms with Crippen LogP contribution in [-0.2, 0) is 0 Å². The van der Waals surface area contributed by atoms with E-state index in [4.69, 9.17) is 21.7 Å². The number of nitrogens with two attached hydrogens (primary N) is 1. The zero-order valence-corrected chi connectivity index (χ0v) is 10.2. The van der Waals surface area contributed by atoms with Crippen LogP contribution in [0.4, 0.5) is 18.9 Å². The fraction of sp³-hybridized carbons (Fsp3) is 0.0909. The maximum absolute atomic E-state index is 12.1. The molecule has 0 aromatic heterocycles. The molecule has 108 valence electrons. The molecule has 7 nitrogen and oxygen atoms in total. The van der Waals surface area contributed by atoms with E-state index in [1.165, 1.54) is 6.07 Å². The fourth-order valence-electron chi connectivity index (χ4n) is 1.17. The number of nitrogens with one attached hydrogen (secondary N) is 2. The highest BCUT2D eigenvalue weighted by Crippen LogP contribution is 2.27. The lowest BCUT2D eigenvalue weighted by Gasteiger charge is -2.10. The number of nitrogens with zero attached hydrogens (tertiary/aromatic N) is 3. The van der Waals surface area contributed by atoms with Crippen LogP contribution < -0.4 is 15.9 Å². The van der Waals surface area contributed by atoms with E-state index in [0.717, 1.165) is 18.2 Å². The molecule has 0 fully saturated rings. The molecule has 1 aromatic carbocycles. The molecular formula is C11H7F3N6O. The summed E-state index contributed by atoms with van der Waals surface area (Å²) < 4.78 is 40.0. The predicted octanol–water partition coefficient (Wildman–Crippen LogP) is 1.68. The monoisotopic (exact) mass is 296 g/mol. The molecule has 4 N–H and O–H groups in total. The number of ether oxygens (including phenoxy) is 1. The Bertz CT molecular complexity index is 668. The van der Waals surface area contributed by atoms with Crippen LogP contribution in [0.15, 0.2) is 23.3 Å². The number of nitriles is 2. The predicted molar refractivity (Wildman–Crippen MR) is 66.4 cm³/mol. The Kier molecular flexibility index (Phi) is 4.70. The first-order valence-corrected chi connectivity index (χ1v) is 5.15. The highest BCUT2D eigenvalue weighted by atomic mass is 19.4. The van der Waals surface area contributed by atoms with Gasteiger partial charge in [0.25, 0.3) is 0 Å². The molecule has 0 amide bonds. The lowest BCUT2D eigenvalue weighted by molar-refractivity contribution is -0.274. The Hall–Kier alpha value is -3.27. The highest BCUT2D eigenvalue weighted by molar-refractivity contribution is 6.45. The molecule has 0 saturated heterocycles. The van der Waals surface area contributed by atoms with Gasteiger partial charge in [-0.3, -0.25) is 10.8 Å². The minimum absolute atomic E-state index is 0.0332. The number of rotatable bonds is 4. The molecule has 0 saturated carbocycles. The smallest absolute Gasteiger partial charge is 0.406 e. The van der Waals surface area contributed by atoms with Gasteiger partial charge in [0.05, 0.1) is 11.3 Å². The molecule has 0 heterocycles. The first-order chi connectivity index (χ1) is 9.76. The van der Waals surface area contributed by atoms with Crippen molar-refractivity contribution in [2.24, 2.45) is 10.8 Å². The van der Waals surface area contributed by atoms with Gasteiger partial charge >= 0.3 is 6.36 Å². The van der Waals surface area contributed by atoms with Crippen molar-refractivity contribution in [3.63, 3.8) is 0 Å². The van der Waals surface area contributed by atoms with E-state index in [1.54, 1.807) is 6.07 Å². The number of benzene rings is 1. The number of halogens is 3. The third kappa shape index (κ3) is 4.72. The molecule has 0 unspecified atom stereocenters. The number of hydrogen-bond donors (Lipinski definition) is 3. The maximum atomic E-state index is 12.1. The summed E-state index contributed by atoms with van der Waals surface area (Å²) in [5, 5.41) is 27.9. The Morgan fingerprint density at radius 2 is 2.05 bits per heavy atom. The molecule has 0 bridgehead atoms.